The summed E-state index contributed by atoms with van der Waals surface area (Å²) in [6.45, 7) is 4.42. The van der Waals surface area contributed by atoms with E-state index in [4.69, 9.17) is 16.3 Å². The van der Waals surface area contributed by atoms with Crippen molar-refractivity contribution in [1.82, 2.24) is 4.57 Å². The van der Waals surface area contributed by atoms with Gasteiger partial charge in [-0.1, -0.05) is 18.5 Å². The molecule has 25 heavy (non-hydrogen) atoms. The van der Waals surface area contributed by atoms with Gasteiger partial charge >= 0.3 is 5.91 Å². The second kappa shape index (κ2) is 6.80. The Morgan fingerprint density at radius 3 is 2.76 bits per heavy atom. The van der Waals surface area contributed by atoms with Gasteiger partial charge in [0, 0.05) is 29.0 Å². The molecule has 0 saturated carbocycles. The standard InChI is InChI=1S/C18H17ClN2O4/c1-3-11-5-10-6-17(25-4-2)14(19)7-12(10)15-8-16(22)13(9-21(11)15)18(23)20-24/h6-9,11H,3-5H2,1-2H3. The van der Waals surface area contributed by atoms with Crippen LogP contribution in [0.1, 0.15) is 42.2 Å². The van der Waals surface area contributed by atoms with Gasteiger partial charge in [0.15, 0.2) is 5.43 Å². The number of aromatic nitrogens is 1. The maximum Gasteiger partial charge on any atom is 0.322 e. The van der Waals surface area contributed by atoms with E-state index in [1.54, 1.807) is 6.07 Å². The first-order valence-electron chi connectivity index (χ1n) is 8.09. The first-order chi connectivity index (χ1) is 12.0. The SMILES string of the molecule is CCOc1cc2c(cc1Cl)-c1cc(=O)c(C(=O)N=O)cn1C(CC)C2. The highest BCUT2D eigenvalue weighted by Gasteiger charge is 2.26. The molecule has 130 valence electrons. The Bertz CT molecular complexity index is 920. The Labute approximate surface area is 149 Å². The van der Waals surface area contributed by atoms with Crippen molar-refractivity contribution < 1.29 is 9.53 Å². The van der Waals surface area contributed by atoms with Crippen molar-refractivity contribution in [3.05, 3.63) is 55.7 Å². The summed E-state index contributed by atoms with van der Waals surface area (Å²) in [5, 5.41) is 2.83. The topological polar surface area (TPSA) is 77.7 Å². The van der Waals surface area contributed by atoms with E-state index >= 15 is 0 Å². The van der Waals surface area contributed by atoms with Crippen LogP contribution in [-0.2, 0) is 6.42 Å². The molecular formula is C18H17ClN2O4. The van der Waals surface area contributed by atoms with Crippen LogP contribution in [-0.4, -0.2) is 17.1 Å². The van der Waals surface area contributed by atoms with Crippen LogP contribution in [0.15, 0.2) is 34.4 Å². The zero-order chi connectivity index (χ0) is 18.1. The van der Waals surface area contributed by atoms with Crippen LogP contribution in [0.2, 0.25) is 5.02 Å². The Balaban J connectivity index is 2.24. The fourth-order valence-corrected chi connectivity index (χ4v) is 3.46. The van der Waals surface area contributed by atoms with Gasteiger partial charge in [0.25, 0.3) is 0 Å². The molecule has 0 fully saturated rings. The molecule has 2 heterocycles. The van der Waals surface area contributed by atoms with Gasteiger partial charge in [-0.05, 0) is 37.5 Å². The number of fused-ring (bicyclic) bond motifs is 3. The summed E-state index contributed by atoms with van der Waals surface area (Å²) in [5.74, 6) is -0.434. The third kappa shape index (κ3) is 2.98. The molecule has 1 aliphatic rings. The predicted molar refractivity (Wildman–Crippen MR) is 95.5 cm³/mol. The normalized spacial score (nSPS) is 15.2. The summed E-state index contributed by atoms with van der Waals surface area (Å²) in [4.78, 5) is 34.4. The van der Waals surface area contributed by atoms with Gasteiger partial charge in [-0.25, -0.2) is 0 Å². The third-order valence-electron chi connectivity index (χ3n) is 4.45. The number of rotatable bonds is 4. The molecule has 1 aromatic heterocycles. The van der Waals surface area contributed by atoms with Crippen molar-refractivity contribution in [2.24, 2.45) is 5.18 Å². The molecular weight excluding hydrogens is 344 g/mol. The molecule has 0 aliphatic carbocycles. The van der Waals surface area contributed by atoms with Gasteiger partial charge in [-0.2, -0.15) is 0 Å². The molecule has 1 atom stereocenters. The van der Waals surface area contributed by atoms with Gasteiger partial charge in [-0.3, -0.25) is 9.59 Å². The van der Waals surface area contributed by atoms with E-state index < -0.39 is 11.3 Å². The lowest BCUT2D eigenvalue weighted by Crippen LogP contribution is -2.25. The number of benzene rings is 1. The van der Waals surface area contributed by atoms with Crippen molar-refractivity contribution >= 4 is 17.5 Å². The number of nitroso groups, excluding NO2 is 1. The van der Waals surface area contributed by atoms with E-state index in [0.29, 0.717) is 29.5 Å². The molecule has 0 N–H and O–H groups in total. The highest BCUT2D eigenvalue weighted by Crippen LogP contribution is 2.40. The average Bonchev–Trinajstić information content (AvgIpc) is 2.61. The van der Waals surface area contributed by atoms with E-state index in [2.05, 4.69) is 5.18 Å². The minimum absolute atomic E-state index is 0.0527. The first-order valence-corrected chi connectivity index (χ1v) is 8.47. The Morgan fingerprint density at radius 1 is 1.36 bits per heavy atom. The quantitative estimate of drug-likeness (QED) is 0.772. The largest absolute Gasteiger partial charge is 0.492 e. The summed E-state index contributed by atoms with van der Waals surface area (Å²) in [7, 11) is 0. The van der Waals surface area contributed by atoms with Crippen molar-refractivity contribution in [1.29, 1.82) is 0 Å². The van der Waals surface area contributed by atoms with E-state index in [1.807, 2.05) is 24.5 Å². The molecule has 0 bridgehead atoms. The summed E-state index contributed by atoms with van der Waals surface area (Å²) < 4.78 is 7.42. The van der Waals surface area contributed by atoms with Crippen LogP contribution in [0.25, 0.3) is 11.3 Å². The van der Waals surface area contributed by atoms with Gasteiger partial charge in [0.05, 0.1) is 17.3 Å². The summed E-state index contributed by atoms with van der Waals surface area (Å²) in [6.07, 6.45) is 2.94. The van der Waals surface area contributed by atoms with Crippen molar-refractivity contribution in [3.63, 3.8) is 0 Å². The maximum absolute atomic E-state index is 12.3. The number of hydrogen-bond donors (Lipinski definition) is 0. The highest BCUT2D eigenvalue weighted by atomic mass is 35.5. The lowest BCUT2D eigenvalue weighted by molar-refractivity contribution is 0.0999. The van der Waals surface area contributed by atoms with Gasteiger partial charge < -0.3 is 9.30 Å². The number of nitrogens with zero attached hydrogens (tertiary/aromatic N) is 2. The second-order valence-corrected chi connectivity index (χ2v) is 6.29. The second-order valence-electron chi connectivity index (χ2n) is 5.88. The summed E-state index contributed by atoms with van der Waals surface area (Å²) in [5.41, 5.74) is 1.80. The molecule has 1 aliphatic heterocycles. The van der Waals surface area contributed by atoms with Crippen LogP contribution in [0.4, 0.5) is 0 Å². The molecule has 6 nitrogen and oxygen atoms in total. The van der Waals surface area contributed by atoms with Crippen molar-refractivity contribution in [2.75, 3.05) is 6.61 Å². The van der Waals surface area contributed by atoms with Gasteiger partial charge in [-0.15, -0.1) is 4.91 Å². The lowest BCUT2D eigenvalue weighted by atomic mass is 9.91. The van der Waals surface area contributed by atoms with E-state index in [-0.39, 0.29) is 11.6 Å². The van der Waals surface area contributed by atoms with Crippen LogP contribution in [0.5, 0.6) is 5.75 Å². The lowest BCUT2D eigenvalue weighted by Gasteiger charge is -2.30. The molecule has 0 spiro atoms. The van der Waals surface area contributed by atoms with E-state index in [1.165, 1.54) is 12.3 Å². The van der Waals surface area contributed by atoms with Gasteiger partial charge in [0.1, 0.15) is 11.3 Å². The average molecular weight is 361 g/mol. The Morgan fingerprint density at radius 2 is 2.12 bits per heavy atom. The number of ether oxygens (including phenoxy) is 1. The highest BCUT2D eigenvalue weighted by molar-refractivity contribution is 6.32. The minimum Gasteiger partial charge on any atom is -0.492 e. The number of amides is 1. The molecule has 1 aromatic carbocycles. The first kappa shape index (κ1) is 17.4. The fraction of sp³-hybridized carbons (Fsp3) is 0.333. The minimum atomic E-state index is -1.05. The molecule has 7 heteroatoms. The maximum atomic E-state index is 12.3. The number of halogens is 1. The van der Waals surface area contributed by atoms with E-state index in [9.17, 15) is 14.5 Å². The van der Waals surface area contributed by atoms with Gasteiger partial charge in [0.2, 0.25) is 0 Å². The smallest absolute Gasteiger partial charge is 0.322 e. The molecule has 2 aromatic rings. The molecule has 0 saturated heterocycles. The number of carbonyl (C=O) groups is 1. The predicted octanol–water partition coefficient (Wildman–Crippen LogP) is 3.98. The molecule has 1 amide bonds. The van der Waals surface area contributed by atoms with Crippen molar-refractivity contribution in [3.8, 4) is 17.0 Å². The molecule has 3 rings (SSSR count). The van der Waals surface area contributed by atoms with Crippen LogP contribution in [0, 0.1) is 4.91 Å². The fourth-order valence-electron chi connectivity index (χ4n) is 3.24. The number of hydrogen-bond acceptors (Lipinski definition) is 4. The molecule has 1 unspecified atom stereocenters. The van der Waals surface area contributed by atoms with Crippen molar-refractivity contribution in [2.45, 2.75) is 32.7 Å². The summed E-state index contributed by atoms with van der Waals surface area (Å²) >= 11 is 6.30. The van der Waals surface area contributed by atoms with E-state index in [0.717, 1.165) is 17.5 Å². The zero-order valence-corrected chi connectivity index (χ0v) is 14.7. The van der Waals surface area contributed by atoms with Crippen LogP contribution in [0.3, 0.4) is 0 Å². The summed E-state index contributed by atoms with van der Waals surface area (Å²) in [6, 6.07) is 5.11. The third-order valence-corrected chi connectivity index (χ3v) is 4.74. The molecule has 0 radical (unpaired) electrons. The zero-order valence-electron chi connectivity index (χ0n) is 13.9. The Kier molecular flexibility index (Phi) is 4.72. The number of carbonyl (C=O) groups excluding carboxylic acids is 1. The monoisotopic (exact) mass is 360 g/mol. The Hall–Kier alpha value is -2.47. The van der Waals surface area contributed by atoms with Crippen LogP contribution < -0.4 is 10.2 Å². The van der Waals surface area contributed by atoms with Crippen LogP contribution >= 0.6 is 11.6 Å². The number of pyridine rings is 1.